The molecule has 7 heteroatoms. The summed E-state index contributed by atoms with van der Waals surface area (Å²) in [6, 6.07) is 8.08. The number of hydrogen-bond acceptors (Lipinski definition) is 4. The van der Waals surface area contributed by atoms with Crippen LogP contribution in [0.1, 0.15) is 57.4 Å². The Kier molecular flexibility index (Phi) is 7.91. The van der Waals surface area contributed by atoms with Crippen molar-refractivity contribution in [2.75, 3.05) is 26.7 Å². The van der Waals surface area contributed by atoms with Gasteiger partial charge in [0.2, 0.25) is 5.91 Å². The molecule has 3 heterocycles. The molecule has 0 unspecified atom stereocenters. The fourth-order valence-corrected chi connectivity index (χ4v) is 5.48. The zero-order valence-corrected chi connectivity index (χ0v) is 20.6. The summed E-state index contributed by atoms with van der Waals surface area (Å²) < 4.78 is 8.10. The fourth-order valence-electron chi connectivity index (χ4n) is 5.48. The number of benzene rings is 1. The lowest BCUT2D eigenvalue weighted by Gasteiger charge is -2.44. The summed E-state index contributed by atoms with van der Waals surface area (Å²) in [6.07, 6.45) is 12.5. The quantitative estimate of drug-likeness (QED) is 0.685. The predicted octanol–water partition coefficient (Wildman–Crippen LogP) is 3.92. The standard InChI is InChI=1S/C27H38N4O3/c1-22-26(33)29(2)20-27(12-6-5-9-23-8-3-4-10-24(23)34-22)13-17-31(18-14-27)25(32)11-7-16-30-19-15-28-21-30/h3-4,8,10,15,19,21-22H,5-7,9,11-14,16-18,20H2,1-2H3/t22-/m1/s1. The highest BCUT2D eigenvalue weighted by Gasteiger charge is 2.38. The number of rotatable bonds is 4. The molecule has 1 aromatic carbocycles. The number of hydrogen-bond donors (Lipinski definition) is 0. The van der Waals surface area contributed by atoms with Gasteiger partial charge < -0.3 is 19.1 Å². The first-order chi connectivity index (χ1) is 16.5. The van der Waals surface area contributed by atoms with E-state index in [1.807, 2.05) is 52.7 Å². The summed E-state index contributed by atoms with van der Waals surface area (Å²) in [6.45, 7) is 4.95. The molecule has 2 aliphatic heterocycles. The lowest BCUT2D eigenvalue weighted by molar-refractivity contribution is -0.140. The van der Waals surface area contributed by atoms with Crippen molar-refractivity contribution in [3.63, 3.8) is 0 Å². The Hall–Kier alpha value is -2.83. The Labute approximate surface area is 203 Å². The summed E-state index contributed by atoms with van der Waals surface area (Å²) in [5.74, 6) is 1.09. The summed E-state index contributed by atoms with van der Waals surface area (Å²) >= 11 is 0. The zero-order valence-electron chi connectivity index (χ0n) is 20.6. The van der Waals surface area contributed by atoms with Crippen LogP contribution in [0.2, 0.25) is 0 Å². The average molecular weight is 467 g/mol. The van der Waals surface area contributed by atoms with E-state index in [0.29, 0.717) is 6.42 Å². The minimum absolute atomic E-state index is 0.0211. The molecule has 1 spiro atoms. The molecule has 7 nitrogen and oxygen atoms in total. The topological polar surface area (TPSA) is 67.7 Å². The minimum atomic E-state index is -0.514. The van der Waals surface area contributed by atoms with Gasteiger partial charge in [0.25, 0.3) is 5.91 Å². The Bertz CT molecular complexity index is 951. The van der Waals surface area contributed by atoms with Gasteiger partial charge in [-0.25, -0.2) is 4.98 Å². The highest BCUT2D eigenvalue weighted by atomic mass is 16.5. The number of amides is 2. The summed E-state index contributed by atoms with van der Waals surface area (Å²) in [5, 5.41) is 0. The number of nitrogens with zero attached hydrogens (tertiary/aromatic N) is 4. The molecule has 0 saturated carbocycles. The third kappa shape index (κ3) is 5.99. The van der Waals surface area contributed by atoms with Gasteiger partial charge in [-0.15, -0.1) is 0 Å². The summed E-state index contributed by atoms with van der Waals surface area (Å²) in [5.41, 5.74) is 1.24. The van der Waals surface area contributed by atoms with Crippen molar-refractivity contribution in [1.82, 2.24) is 19.4 Å². The Morgan fingerprint density at radius 1 is 1.18 bits per heavy atom. The van der Waals surface area contributed by atoms with Gasteiger partial charge in [-0.2, -0.15) is 0 Å². The van der Waals surface area contributed by atoms with Crippen LogP contribution in [0.5, 0.6) is 5.75 Å². The molecule has 0 aliphatic carbocycles. The van der Waals surface area contributed by atoms with E-state index < -0.39 is 6.10 Å². The normalized spacial score (nSPS) is 21.4. The van der Waals surface area contributed by atoms with E-state index in [-0.39, 0.29) is 17.2 Å². The lowest BCUT2D eigenvalue weighted by Crippen LogP contribution is -2.50. The van der Waals surface area contributed by atoms with Gasteiger partial charge in [-0.05, 0) is 62.5 Å². The molecule has 1 fully saturated rings. The number of likely N-dealkylation sites (N-methyl/N-ethyl adjacent to an activating group) is 1. The molecular formula is C27H38N4O3. The van der Waals surface area contributed by atoms with Crippen LogP contribution in [0.4, 0.5) is 0 Å². The van der Waals surface area contributed by atoms with Gasteiger partial charge in [0.05, 0.1) is 6.33 Å². The third-order valence-corrected chi connectivity index (χ3v) is 7.52. The van der Waals surface area contributed by atoms with Gasteiger partial charge in [0, 0.05) is 52.0 Å². The Balaban J connectivity index is 1.36. The van der Waals surface area contributed by atoms with Crippen molar-refractivity contribution >= 4 is 11.8 Å². The van der Waals surface area contributed by atoms with E-state index in [2.05, 4.69) is 11.1 Å². The average Bonchev–Trinajstić information content (AvgIpc) is 3.35. The van der Waals surface area contributed by atoms with E-state index >= 15 is 0 Å². The maximum absolute atomic E-state index is 13.1. The maximum atomic E-state index is 13.1. The van der Waals surface area contributed by atoms with Gasteiger partial charge in [-0.3, -0.25) is 9.59 Å². The van der Waals surface area contributed by atoms with Crippen LogP contribution >= 0.6 is 0 Å². The highest BCUT2D eigenvalue weighted by Crippen LogP contribution is 2.38. The molecule has 184 valence electrons. The number of imidazole rings is 1. The number of carbonyl (C=O) groups excluding carboxylic acids is 2. The van der Waals surface area contributed by atoms with Crippen LogP contribution in [0.3, 0.4) is 0 Å². The molecular weight excluding hydrogens is 428 g/mol. The van der Waals surface area contributed by atoms with Crippen molar-refractivity contribution in [3.05, 3.63) is 48.5 Å². The van der Waals surface area contributed by atoms with Crippen molar-refractivity contribution in [2.45, 2.75) is 70.9 Å². The van der Waals surface area contributed by atoms with Gasteiger partial charge in [0.1, 0.15) is 5.75 Å². The molecule has 1 aromatic heterocycles. The largest absolute Gasteiger partial charge is 0.481 e. The van der Waals surface area contributed by atoms with Crippen LogP contribution in [-0.4, -0.2) is 64.0 Å². The van der Waals surface area contributed by atoms with Crippen LogP contribution < -0.4 is 4.74 Å². The molecule has 1 atom stereocenters. The first kappa shape index (κ1) is 24.3. The van der Waals surface area contributed by atoms with Crippen molar-refractivity contribution in [3.8, 4) is 5.75 Å². The number of piperidine rings is 1. The second-order valence-corrected chi connectivity index (χ2v) is 10.1. The monoisotopic (exact) mass is 466 g/mol. The van der Waals surface area contributed by atoms with Crippen LogP contribution in [-0.2, 0) is 22.6 Å². The van der Waals surface area contributed by atoms with Gasteiger partial charge in [-0.1, -0.05) is 24.6 Å². The SMILES string of the molecule is C[C@H]1Oc2ccccc2CCCCC2(CCN(C(=O)CCCn3ccnc3)CC2)CN(C)C1=O. The molecule has 34 heavy (non-hydrogen) atoms. The van der Waals surface area contributed by atoms with Gasteiger partial charge in [0.15, 0.2) is 6.10 Å². The molecule has 4 rings (SSSR count). The Morgan fingerprint density at radius 3 is 2.74 bits per heavy atom. The second kappa shape index (κ2) is 11.1. The van der Waals surface area contributed by atoms with Crippen LogP contribution in [0, 0.1) is 5.41 Å². The second-order valence-electron chi connectivity index (χ2n) is 10.1. The van der Waals surface area contributed by atoms with Crippen molar-refractivity contribution in [2.24, 2.45) is 5.41 Å². The third-order valence-electron chi connectivity index (χ3n) is 7.52. The van der Waals surface area contributed by atoms with E-state index in [0.717, 1.165) is 76.9 Å². The number of likely N-dealkylation sites (tertiary alicyclic amines) is 1. The molecule has 2 aliphatic rings. The van der Waals surface area contributed by atoms with Crippen molar-refractivity contribution < 1.29 is 14.3 Å². The molecule has 2 aromatic rings. The first-order valence-corrected chi connectivity index (χ1v) is 12.7. The minimum Gasteiger partial charge on any atom is -0.481 e. The number of aromatic nitrogens is 2. The number of fused-ring (bicyclic) bond motifs is 1. The molecule has 0 bridgehead atoms. The number of para-hydroxylation sites is 1. The van der Waals surface area contributed by atoms with Crippen LogP contribution in [0.25, 0.3) is 0 Å². The number of aryl methyl sites for hydroxylation is 2. The maximum Gasteiger partial charge on any atom is 0.263 e. The smallest absolute Gasteiger partial charge is 0.263 e. The highest BCUT2D eigenvalue weighted by molar-refractivity contribution is 5.80. The molecule has 1 saturated heterocycles. The van der Waals surface area contributed by atoms with E-state index in [9.17, 15) is 9.59 Å². The fraction of sp³-hybridized carbons (Fsp3) is 0.593. The number of carbonyl (C=O) groups is 2. The molecule has 0 N–H and O–H groups in total. The predicted molar refractivity (Wildman–Crippen MR) is 131 cm³/mol. The van der Waals surface area contributed by atoms with E-state index in [4.69, 9.17) is 4.74 Å². The lowest BCUT2D eigenvalue weighted by atomic mass is 9.73. The number of ether oxygens (including phenoxy) is 1. The van der Waals surface area contributed by atoms with Gasteiger partial charge >= 0.3 is 0 Å². The molecule has 0 radical (unpaired) electrons. The van der Waals surface area contributed by atoms with E-state index in [1.54, 1.807) is 12.5 Å². The summed E-state index contributed by atoms with van der Waals surface area (Å²) in [4.78, 5) is 33.9. The Morgan fingerprint density at radius 2 is 1.97 bits per heavy atom. The van der Waals surface area contributed by atoms with Crippen LogP contribution in [0.15, 0.2) is 43.0 Å². The van der Waals surface area contributed by atoms with Crippen molar-refractivity contribution in [1.29, 1.82) is 0 Å². The first-order valence-electron chi connectivity index (χ1n) is 12.7. The van der Waals surface area contributed by atoms with E-state index in [1.165, 1.54) is 5.56 Å². The summed E-state index contributed by atoms with van der Waals surface area (Å²) in [7, 11) is 1.90. The zero-order chi connectivity index (χ0) is 24.0. The molecule has 2 amide bonds.